The van der Waals surface area contributed by atoms with Crippen molar-refractivity contribution in [2.75, 3.05) is 24.5 Å². The summed E-state index contributed by atoms with van der Waals surface area (Å²) in [6, 6.07) is 2.07. The molecule has 1 aliphatic heterocycles. The van der Waals surface area contributed by atoms with Crippen LogP contribution in [0.3, 0.4) is 0 Å². The number of aromatic nitrogens is 3. The lowest BCUT2D eigenvalue weighted by atomic mass is 9.96. The van der Waals surface area contributed by atoms with Gasteiger partial charge in [0.05, 0.1) is 29.2 Å². The maximum atomic E-state index is 12.3. The summed E-state index contributed by atoms with van der Waals surface area (Å²) in [7, 11) is 0. The lowest BCUT2D eigenvalue weighted by Crippen LogP contribution is -2.43. The molecule has 6 nitrogen and oxygen atoms in total. The van der Waals surface area contributed by atoms with Gasteiger partial charge in [0.25, 0.3) is 0 Å². The van der Waals surface area contributed by atoms with Gasteiger partial charge in [-0.25, -0.2) is 15.0 Å². The van der Waals surface area contributed by atoms with Crippen molar-refractivity contribution in [1.29, 1.82) is 0 Å². The Hall–Kier alpha value is -2.24. The van der Waals surface area contributed by atoms with E-state index in [0.29, 0.717) is 5.65 Å². The van der Waals surface area contributed by atoms with Gasteiger partial charge in [-0.3, -0.25) is 4.79 Å². The minimum absolute atomic E-state index is 0.0470. The van der Waals surface area contributed by atoms with Crippen LogP contribution in [0.1, 0.15) is 51.4 Å². The molecule has 0 aromatic carbocycles. The summed E-state index contributed by atoms with van der Waals surface area (Å²) in [5, 5.41) is 3.03. The lowest BCUT2D eigenvalue weighted by molar-refractivity contribution is -0.125. The van der Waals surface area contributed by atoms with Crippen molar-refractivity contribution in [3.63, 3.8) is 0 Å². The third-order valence-electron chi connectivity index (χ3n) is 5.04. The third kappa shape index (κ3) is 3.94. The van der Waals surface area contributed by atoms with E-state index in [2.05, 4.69) is 47.0 Å². The van der Waals surface area contributed by atoms with Gasteiger partial charge < -0.3 is 10.2 Å². The number of hydrogen-bond acceptors (Lipinski definition) is 5. The maximum Gasteiger partial charge on any atom is 0.224 e. The molecule has 2 aromatic rings. The van der Waals surface area contributed by atoms with E-state index in [4.69, 9.17) is 4.98 Å². The van der Waals surface area contributed by atoms with E-state index < -0.39 is 0 Å². The molecule has 3 heterocycles. The highest BCUT2D eigenvalue weighted by Gasteiger charge is 2.26. The summed E-state index contributed by atoms with van der Waals surface area (Å²) in [5.74, 6) is 0.219. The number of amides is 1. The Morgan fingerprint density at radius 2 is 2.00 bits per heavy atom. The molecule has 1 amide bonds. The Morgan fingerprint density at radius 1 is 1.23 bits per heavy atom. The van der Waals surface area contributed by atoms with E-state index in [1.54, 1.807) is 0 Å². The topological polar surface area (TPSA) is 71.0 Å². The first-order valence-corrected chi connectivity index (χ1v) is 9.84. The van der Waals surface area contributed by atoms with E-state index in [1.165, 1.54) is 0 Å². The zero-order valence-electron chi connectivity index (χ0n) is 16.1. The van der Waals surface area contributed by atoms with Gasteiger partial charge in [-0.1, -0.05) is 20.8 Å². The first-order valence-electron chi connectivity index (χ1n) is 9.84. The highest BCUT2D eigenvalue weighted by atomic mass is 16.1. The molecule has 0 saturated carbocycles. The number of nitrogens with one attached hydrogen (secondary N) is 1. The van der Waals surface area contributed by atoms with Crippen LogP contribution < -0.4 is 10.2 Å². The van der Waals surface area contributed by atoms with E-state index in [9.17, 15) is 4.79 Å². The van der Waals surface area contributed by atoms with Gasteiger partial charge in [0.1, 0.15) is 5.52 Å². The predicted octanol–water partition coefficient (Wildman–Crippen LogP) is 2.89. The standard InChI is InChI=1S/C20H29N5O/c1-4-9-21-20(26)14-8-7-10-25(13-14)15-11-18-19(22-12-15)24-17(6-3)16(5-2)23-18/h11-12,14H,4-10,13H2,1-3H3,(H,21,26)/t14-/m0/s1. The van der Waals surface area contributed by atoms with Crippen molar-refractivity contribution >= 4 is 22.8 Å². The molecule has 1 fully saturated rings. The van der Waals surface area contributed by atoms with E-state index >= 15 is 0 Å². The Labute approximate surface area is 155 Å². The number of aryl methyl sites for hydroxylation is 2. The molecule has 140 valence electrons. The Kier molecular flexibility index (Phi) is 6.01. The average molecular weight is 355 g/mol. The van der Waals surface area contributed by atoms with E-state index in [0.717, 1.165) is 74.3 Å². The summed E-state index contributed by atoms with van der Waals surface area (Å²) < 4.78 is 0. The minimum Gasteiger partial charge on any atom is -0.369 e. The number of pyridine rings is 1. The van der Waals surface area contributed by atoms with Crippen LogP contribution in [0.5, 0.6) is 0 Å². The van der Waals surface area contributed by atoms with Gasteiger partial charge in [0.2, 0.25) is 5.91 Å². The van der Waals surface area contributed by atoms with Crippen molar-refractivity contribution in [2.24, 2.45) is 5.92 Å². The second kappa shape index (κ2) is 8.43. The highest BCUT2D eigenvalue weighted by Crippen LogP contribution is 2.25. The zero-order chi connectivity index (χ0) is 18.5. The average Bonchev–Trinajstić information content (AvgIpc) is 2.70. The smallest absolute Gasteiger partial charge is 0.224 e. The first-order chi connectivity index (χ1) is 12.7. The molecule has 1 aliphatic rings. The van der Waals surface area contributed by atoms with Crippen molar-refractivity contribution in [3.8, 4) is 0 Å². The Balaban J connectivity index is 1.82. The molecule has 26 heavy (non-hydrogen) atoms. The van der Waals surface area contributed by atoms with Gasteiger partial charge >= 0.3 is 0 Å². The monoisotopic (exact) mass is 355 g/mol. The largest absolute Gasteiger partial charge is 0.369 e. The van der Waals surface area contributed by atoms with Crippen LogP contribution in [0.4, 0.5) is 5.69 Å². The van der Waals surface area contributed by atoms with Crippen molar-refractivity contribution < 1.29 is 4.79 Å². The molecule has 0 aliphatic carbocycles. The van der Waals surface area contributed by atoms with Crippen molar-refractivity contribution in [1.82, 2.24) is 20.3 Å². The lowest BCUT2D eigenvalue weighted by Gasteiger charge is -2.33. The van der Waals surface area contributed by atoms with Crippen LogP contribution in [0.2, 0.25) is 0 Å². The molecule has 6 heteroatoms. The number of nitrogens with zero attached hydrogens (tertiary/aromatic N) is 4. The number of carbonyl (C=O) groups is 1. The number of fused-ring (bicyclic) bond motifs is 1. The fourth-order valence-corrected chi connectivity index (χ4v) is 3.56. The molecular formula is C20H29N5O. The van der Waals surface area contributed by atoms with Crippen LogP contribution in [0.25, 0.3) is 11.2 Å². The predicted molar refractivity (Wildman–Crippen MR) is 104 cm³/mol. The molecule has 2 aromatic heterocycles. The van der Waals surface area contributed by atoms with Gasteiger partial charge in [0.15, 0.2) is 5.65 Å². The number of rotatable bonds is 6. The molecular weight excluding hydrogens is 326 g/mol. The first kappa shape index (κ1) is 18.5. The normalized spacial score (nSPS) is 17.5. The van der Waals surface area contributed by atoms with Crippen LogP contribution in [-0.4, -0.2) is 40.5 Å². The van der Waals surface area contributed by atoms with Crippen LogP contribution in [-0.2, 0) is 17.6 Å². The fourth-order valence-electron chi connectivity index (χ4n) is 3.56. The minimum atomic E-state index is 0.0470. The summed E-state index contributed by atoms with van der Waals surface area (Å²) >= 11 is 0. The van der Waals surface area contributed by atoms with Gasteiger partial charge in [-0.2, -0.15) is 0 Å². The zero-order valence-corrected chi connectivity index (χ0v) is 16.1. The second-order valence-corrected chi connectivity index (χ2v) is 6.94. The molecule has 0 radical (unpaired) electrons. The maximum absolute atomic E-state index is 12.3. The van der Waals surface area contributed by atoms with E-state index in [1.807, 2.05) is 6.20 Å². The number of carbonyl (C=O) groups excluding carboxylic acids is 1. The molecule has 0 spiro atoms. The van der Waals surface area contributed by atoms with Crippen LogP contribution >= 0.6 is 0 Å². The van der Waals surface area contributed by atoms with Crippen LogP contribution in [0.15, 0.2) is 12.3 Å². The number of piperidine rings is 1. The fraction of sp³-hybridized carbons (Fsp3) is 0.600. The molecule has 0 unspecified atom stereocenters. The van der Waals surface area contributed by atoms with Gasteiger partial charge in [-0.15, -0.1) is 0 Å². The van der Waals surface area contributed by atoms with Crippen molar-refractivity contribution in [3.05, 3.63) is 23.7 Å². The summed E-state index contributed by atoms with van der Waals surface area (Å²) in [4.78, 5) is 28.6. The Bertz CT molecular complexity index is 776. The molecule has 3 rings (SSSR count). The van der Waals surface area contributed by atoms with Gasteiger partial charge in [0, 0.05) is 19.6 Å². The summed E-state index contributed by atoms with van der Waals surface area (Å²) in [6.45, 7) is 8.72. The van der Waals surface area contributed by atoms with Crippen LogP contribution in [0, 0.1) is 5.92 Å². The molecule has 1 saturated heterocycles. The third-order valence-corrected chi connectivity index (χ3v) is 5.04. The number of hydrogen-bond donors (Lipinski definition) is 1. The molecule has 0 bridgehead atoms. The SMILES string of the molecule is CCCNC(=O)[C@H]1CCCN(c2cnc3nc(CC)c(CC)nc3c2)C1. The number of anilines is 1. The van der Waals surface area contributed by atoms with Gasteiger partial charge in [-0.05, 0) is 38.2 Å². The summed E-state index contributed by atoms with van der Waals surface area (Å²) in [6.07, 6.45) is 6.55. The molecule has 1 N–H and O–H groups in total. The Morgan fingerprint density at radius 3 is 2.73 bits per heavy atom. The molecule has 1 atom stereocenters. The van der Waals surface area contributed by atoms with E-state index in [-0.39, 0.29) is 11.8 Å². The highest BCUT2D eigenvalue weighted by molar-refractivity contribution is 5.80. The van der Waals surface area contributed by atoms with Crippen molar-refractivity contribution in [2.45, 2.75) is 52.9 Å². The summed E-state index contributed by atoms with van der Waals surface area (Å²) in [5.41, 5.74) is 4.66. The quantitative estimate of drug-likeness (QED) is 0.863. The second-order valence-electron chi connectivity index (χ2n) is 6.94.